The van der Waals surface area contributed by atoms with Crippen LogP contribution in [-0.2, 0) is 0 Å². The molecule has 8 nitrogen and oxygen atoms in total. The van der Waals surface area contributed by atoms with Gasteiger partial charge in [0, 0.05) is 24.7 Å². The average molecular weight is 424 g/mol. The largest absolute Gasteiger partial charge is 0.428 e. The van der Waals surface area contributed by atoms with Gasteiger partial charge in [-0.1, -0.05) is 0 Å². The van der Waals surface area contributed by atoms with Crippen LogP contribution in [0.5, 0.6) is 5.75 Å². The normalized spacial score (nSPS) is 23.3. The van der Waals surface area contributed by atoms with Crippen molar-refractivity contribution < 1.29 is 28.2 Å². The first kappa shape index (κ1) is 18.7. The molecule has 3 aromatic rings. The molecule has 2 bridgehead atoms. The molecule has 29 heavy (non-hydrogen) atoms. The zero-order chi connectivity index (χ0) is 20.3. The topological polar surface area (TPSA) is 95.1 Å². The van der Waals surface area contributed by atoms with Crippen LogP contribution < -0.4 is 9.64 Å². The number of piperidine rings is 1. The Bertz CT molecular complexity index is 1030. The van der Waals surface area contributed by atoms with E-state index in [4.69, 9.17) is 9.15 Å². The number of benzene rings is 1. The van der Waals surface area contributed by atoms with E-state index in [1.54, 1.807) is 17.6 Å². The number of fused-ring (bicyclic) bond motifs is 3. The van der Waals surface area contributed by atoms with Crippen molar-refractivity contribution in [2.24, 2.45) is 0 Å². The molecule has 5 heterocycles. The molecule has 0 saturated carbocycles. The second-order valence-electron chi connectivity index (χ2n) is 7.29. The number of oxazole rings is 1. The molecule has 2 N–H and O–H groups in total. The van der Waals surface area contributed by atoms with E-state index in [1.807, 2.05) is 4.90 Å². The number of anilines is 1. The summed E-state index contributed by atoms with van der Waals surface area (Å²) in [6.07, 6.45) is -3.23. The highest BCUT2D eigenvalue weighted by atomic mass is 32.1. The molecule has 3 atom stereocenters. The van der Waals surface area contributed by atoms with Crippen LogP contribution in [0.15, 0.2) is 28.1 Å². The fourth-order valence-electron chi connectivity index (χ4n) is 3.69. The highest BCUT2D eigenvalue weighted by molar-refractivity contribution is 7.13. The summed E-state index contributed by atoms with van der Waals surface area (Å²) in [6.45, 7) is 1.99. The maximum Gasteiger partial charge on any atom is 0.424 e. The molecule has 2 unspecified atom stereocenters. The number of aliphatic hydroxyl groups is 1. The van der Waals surface area contributed by atoms with E-state index >= 15 is 0 Å². The number of aliphatic hydroxyl groups excluding tert-OH is 1. The van der Waals surface area contributed by atoms with Crippen molar-refractivity contribution in [3.63, 3.8) is 0 Å². The SMILES string of the molecule is CC(O)C(F)(F)Oc1ccc(-c2nccs2)c2oc(N3CC4C[C@H](C3)N4O)nc12. The molecule has 3 aliphatic rings. The molecular formula is C18H18F2N4O4S. The molecule has 3 fully saturated rings. The standard InChI is InChI=1S/C18H18F2N4O4S/c1-9(25)18(19,20)28-13-3-2-12(16-21-4-5-29-16)15-14(13)22-17(27-15)23-7-10-6-11(8-23)24(10)26/h2-5,9-11,25-26H,6-8H2,1H3/t9?,10-,11?/m1/s1. The summed E-state index contributed by atoms with van der Waals surface area (Å²) in [6, 6.07) is 3.24. The van der Waals surface area contributed by atoms with Crippen molar-refractivity contribution in [1.82, 2.24) is 15.0 Å². The Morgan fingerprint density at radius 3 is 2.72 bits per heavy atom. The molecule has 0 amide bonds. The number of alkyl halides is 2. The van der Waals surface area contributed by atoms with Gasteiger partial charge in [-0.25, -0.2) is 4.98 Å². The summed E-state index contributed by atoms with van der Waals surface area (Å²) in [7, 11) is 0. The quantitative estimate of drug-likeness (QED) is 0.646. The zero-order valence-electron chi connectivity index (χ0n) is 15.3. The predicted molar refractivity (Wildman–Crippen MR) is 100 cm³/mol. The number of hydrogen-bond donors (Lipinski definition) is 2. The second-order valence-corrected chi connectivity index (χ2v) is 8.19. The van der Waals surface area contributed by atoms with Crippen LogP contribution >= 0.6 is 11.3 Å². The van der Waals surface area contributed by atoms with Gasteiger partial charge in [-0.3, -0.25) is 0 Å². The van der Waals surface area contributed by atoms with Crippen molar-refractivity contribution >= 4 is 28.5 Å². The highest BCUT2D eigenvalue weighted by Crippen LogP contribution is 2.41. The summed E-state index contributed by atoms with van der Waals surface area (Å²) in [4.78, 5) is 10.6. The van der Waals surface area contributed by atoms with Gasteiger partial charge in [-0.05, 0) is 25.5 Å². The van der Waals surface area contributed by atoms with Gasteiger partial charge in [0.05, 0.1) is 17.6 Å². The molecule has 1 aromatic carbocycles. The summed E-state index contributed by atoms with van der Waals surface area (Å²) in [5.74, 6) is -0.188. The number of aromatic nitrogens is 2. The number of hydroxylamine groups is 2. The zero-order valence-corrected chi connectivity index (χ0v) is 16.1. The Kier molecular flexibility index (Phi) is 4.24. The van der Waals surface area contributed by atoms with Gasteiger partial charge < -0.3 is 24.4 Å². The summed E-state index contributed by atoms with van der Waals surface area (Å²) in [5, 5.41) is 23.0. The minimum Gasteiger partial charge on any atom is -0.428 e. The number of nitrogens with zero attached hydrogens (tertiary/aromatic N) is 4. The molecule has 11 heteroatoms. The molecule has 3 saturated heterocycles. The van der Waals surface area contributed by atoms with Crippen LogP contribution in [0.1, 0.15) is 13.3 Å². The Hall–Kier alpha value is -2.34. The third-order valence-corrected chi connectivity index (χ3v) is 6.12. The Morgan fingerprint density at radius 2 is 2.10 bits per heavy atom. The molecule has 0 aliphatic carbocycles. The Labute approximate surface area is 167 Å². The van der Waals surface area contributed by atoms with Gasteiger partial charge >= 0.3 is 6.11 Å². The van der Waals surface area contributed by atoms with Crippen LogP contribution in [0.2, 0.25) is 0 Å². The van der Waals surface area contributed by atoms with Crippen molar-refractivity contribution in [1.29, 1.82) is 0 Å². The smallest absolute Gasteiger partial charge is 0.424 e. The summed E-state index contributed by atoms with van der Waals surface area (Å²) < 4.78 is 38.8. The lowest BCUT2D eigenvalue weighted by Gasteiger charge is -2.52. The number of ether oxygens (including phenoxy) is 1. The number of hydrogen-bond acceptors (Lipinski definition) is 9. The van der Waals surface area contributed by atoms with Gasteiger partial charge in [0.1, 0.15) is 5.01 Å². The van der Waals surface area contributed by atoms with Gasteiger partial charge in [0.2, 0.25) is 0 Å². The molecular weight excluding hydrogens is 406 g/mol. The van der Waals surface area contributed by atoms with Crippen LogP contribution in [0, 0.1) is 0 Å². The van der Waals surface area contributed by atoms with E-state index < -0.39 is 12.2 Å². The first-order chi connectivity index (χ1) is 13.8. The van der Waals surface area contributed by atoms with E-state index in [0.29, 0.717) is 23.7 Å². The van der Waals surface area contributed by atoms with Crippen molar-refractivity contribution in [3.8, 4) is 16.3 Å². The van der Waals surface area contributed by atoms with E-state index in [1.165, 1.54) is 22.5 Å². The Morgan fingerprint density at radius 1 is 1.34 bits per heavy atom. The molecule has 2 aromatic heterocycles. The number of thiazole rings is 1. The minimum absolute atomic E-state index is 0.00233. The predicted octanol–water partition coefficient (Wildman–Crippen LogP) is 2.96. The first-order valence-corrected chi connectivity index (χ1v) is 10.0. The third-order valence-electron chi connectivity index (χ3n) is 5.32. The Balaban J connectivity index is 1.58. The molecule has 6 rings (SSSR count). The van der Waals surface area contributed by atoms with Gasteiger partial charge in [-0.2, -0.15) is 18.8 Å². The monoisotopic (exact) mass is 424 g/mol. The molecule has 154 valence electrons. The van der Waals surface area contributed by atoms with E-state index in [0.717, 1.165) is 13.3 Å². The van der Waals surface area contributed by atoms with Crippen LogP contribution in [-0.4, -0.2) is 62.7 Å². The van der Waals surface area contributed by atoms with Crippen LogP contribution in [0.25, 0.3) is 21.7 Å². The number of rotatable bonds is 5. The minimum atomic E-state index is -3.78. The van der Waals surface area contributed by atoms with Gasteiger partial charge in [0.25, 0.3) is 6.01 Å². The number of halogens is 2. The van der Waals surface area contributed by atoms with E-state index in [9.17, 15) is 19.1 Å². The van der Waals surface area contributed by atoms with Crippen LogP contribution in [0.3, 0.4) is 0 Å². The lowest BCUT2D eigenvalue weighted by molar-refractivity contribution is -0.233. The second kappa shape index (κ2) is 6.59. The van der Waals surface area contributed by atoms with Crippen molar-refractivity contribution in [2.45, 2.75) is 37.6 Å². The van der Waals surface area contributed by atoms with E-state index in [-0.39, 0.29) is 34.9 Å². The van der Waals surface area contributed by atoms with E-state index in [2.05, 4.69) is 9.97 Å². The van der Waals surface area contributed by atoms with Crippen LogP contribution in [0.4, 0.5) is 14.8 Å². The first-order valence-electron chi connectivity index (χ1n) is 9.14. The fourth-order valence-corrected chi connectivity index (χ4v) is 4.35. The molecule has 3 aliphatic heterocycles. The summed E-state index contributed by atoms with van der Waals surface area (Å²) in [5.41, 5.74) is 1.04. The van der Waals surface area contributed by atoms with Crippen molar-refractivity contribution in [2.75, 3.05) is 18.0 Å². The average Bonchev–Trinajstić information content (AvgIpc) is 3.38. The van der Waals surface area contributed by atoms with Crippen molar-refractivity contribution in [3.05, 3.63) is 23.7 Å². The van der Waals surface area contributed by atoms with Gasteiger partial charge in [-0.15, -0.1) is 11.3 Å². The lowest BCUT2D eigenvalue weighted by Crippen LogP contribution is -2.67. The third kappa shape index (κ3) is 3.05. The van der Waals surface area contributed by atoms with Gasteiger partial charge in [0.15, 0.2) is 23.0 Å². The molecule has 0 radical (unpaired) electrons. The maximum absolute atomic E-state index is 14.0. The summed E-state index contributed by atoms with van der Waals surface area (Å²) >= 11 is 1.39. The number of piperazine rings is 1. The molecule has 0 spiro atoms. The highest BCUT2D eigenvalue weighted by Gasteiger charge is 2.45. The fraction of sp³-hybridized carbons (Fsp3) is 0.444. The lowest BCUT2D eigenvalue weighted by atomic mass is 9.91. The maximum atomic E-state index is 14.0.